The Kier molecular flexibility index (Phi) is 20.1. The fourth-order valence-electron chi connectivity index (χ4n) is 0. The third kappa shape index (κ3) is 39.6. The van der Waals surface area contributed by atoms with E-state index in [-0.39, 0.29) is 97.8 Å². The van der Waals surface area contributed by atoms with Gasteiger partial charge in [0.05, 0.1) is 0 Å². The van der Waals surface area contributed by atoms with E-state index in [0.717, 1.165) is 0 Å². The molecule has 0 aromatic carbocycles. The molecule has 0 aliphatic rings. The molecular formula is Ba2O2PS2+. The van der Waals surface area contributed by atoms with Crippen molar-refractivity contribution < 1.29 is 9.79 Å². The van der Waals surface area contributed by atoms with Crippen molar-refractivity contribution >= 4 is 128 Å². The Hall–Kier alpha value is 4.06. The Morgan fingerprint density at radius 2 is 1.29 bits per heavy atom. The molecule has 7 heavy (non-hydrogen) atoms. The third-order valence-electron chi connectivity index (χ3n) is 0. The Balaban J connectivity index is -0.0000000800. The zero-order chi connectivity index (χ0) is 4.50. The molecule has 7 heteroatoms. The van der Waals surface area contributed by atoms with Gasteiger partial charge in [-0.05, 0) is 0 Å². The van der Waals surface area contributed by atoms with Gasteiger partial charge in [-0.15, -0.1) is 0 Å². The fourth-order valence-corrected chi connectivity index (χ4v) is 0. The number of hydrogen-bond acceptors (Lipinski definition) is 4. The van der Waals surface area contributed by atoms with Crippen LogP contribution in [0.25, 0.3) is 0 Å². The van der Waals surface area contributed by atoms with Crippen molar-refractivity contribution in [3.05, 3.63) is 0 Å². The van der Waals surface area contributed by atoms with E-state index >= 15 is 0 Å². The minimum absolute atomic E-state index is 0. The van der Waals surface area contributed by atoms with Gasteiger partial charge in [0.15, 0.2) is 0 Å². The summed E-state index contributed by atoms with van der Waals surface area (Å²) >= 11 is 7.28. The molecule has 2 nitrogen and oxygen atoms in total. The summed E-state index contributed by atoms with van der Waals surface area (Å²) in [6, 6.07) is 0. The maximum absolute atomic E-state index is 9.29. The van der Waals surface area contributed by atoms with Crippen LogP contribution in [0.5, 0.6) is 0 Å². The summed E-state index contributed by atoms with van der Waals surface area (Å²) in [5, 5.41) is 0. The first-order valence-corrected chi connectivity index (χ1v) is 4.38. The van der Waals surface area contributed by atoms with Gasteiger partial charge in [0.1, 0.15) is 0 Å². The van der Waals surface area contributed by atoms with E-state index in [0.29, 0.717) is 0 Å². The van der Waals surface area contributed by atoms with Crippen LogP contribution >= 0.6 is 5.69 Å². The van der Waals surface area contributed by atoms with Gasteiger partial charge in [-0.2, -0.15) is 11.8 Å². The largest absolute Gasteiger partial charge is 2.00 e. The third-order valence-corrected chi connectivity index (χ3v) is 0. The van der Waals surface area contributed by atoms with Gasteiger partial charge in [0.25, 0.3) is 0 Å². The van der Waals surface area contributed by atoms with Crippen LogP contribution in [0, 0.1) is 0 Å². The van der Waals surface area contributed by atoms with Crippen LogP contribution < -0.4 is 9.79 Å². The van der Waals surface area contributed by atoms with E-state index in [1.54, 1.807) is 0 Å². The molecule has 0 aliphatic carbocycles. The molecule has 0 bridgehead atoms. The average molecular weight is 402 g/mol. The van der Waals surface area contributed by atoms with E-state index in [4.69, 9.17) is 0 Å². The fraction of sp³-hybridized carbons (Fsp3) is 0. The maximum Gasteiger partial charge on any atom is 2.00 e. The van der Waals surface area contributed by atoms with E-state index in [1.807, 2.05) is 0 Å². The van der Waals surface area contributed by atoms with E-state index in [1.165, 1.54) is 0 Å². The Labute approximate surface area is 133 Å². The summed E-state index contributed by atoms with van der Waals surface area (Å²) < 4.78 is 0. The zero-order valence-corrected chi connectivity index (χ0v) is 14.9. The second-order valence-electron chi connectivity index (χ2n) is 0.447. The second kappa shape index (κ2) is 8.16. The smallest absolute Gasteiger partial charge is 0.850 e. The van der Waals surface area contributed by atoms with Crippen molar-refractivity contribution in [1.82, 2.24) is 0 Å². The molecule has 0 atom stereocenters. The van der Waals surface area contributed by atoms with Crippen LogP contribution in [0.4, 0.5) is 0 Å². The van der Waals surface area contributed by atoms with Crippen molar-refractivity contribution in [2.24, 2.45) is 0 Å². The van der Waals surface area contributed by atoms with Gasteiger partial charge in [0, 0.05) is 0 Å². The summed E-state index contributed by atoms with van der Waals surface area (Å²) in [4.78, 5) is 18.6. The first kappa shape index (κ1) is 17.2. The predicted molar refractivity (Wildman–Crippen MR) is 33.2 cm³/mol. The summed E-state index contributed by atoms with van der Waals surface area (Å²) in [5.74, 6) is 0. The number of rotatable bonds is 0. The van der Waals surface area contributed by atoms with E-state index in [2.05, 4.69) is 24.1 Å². The second-order valence-corrected chi connectivity index (χ2v) is 4.92. The molecule has 32 valence electrons. The molecule has 0 N–H and O–H groups in total. The SMILES string of the molecule is [Ba+2].[Ba+2].[O-]P([O-])(=S)[S-]. The molecule has 0 spiro atoms. The van der Waals surface area contributed by atoms with Crippen molar-refractivity contribution in [3.63, 3.8) is 0 Å². The summed E-state index contributed by atoms with van der Waals surface area (Å²) in [6.45, 7) is 0. The molecule has 0 aliphatic heterocycles. The standard InChI is InChI=1S/2Ba.H3O2PS2/c;;1-3(2,4)5/h;;(H3,1,2,4,5)/q2*+2;/p-3. The van der Waals surface area contributed by atoms with Crippen molar-refractivity contribution in [2.45, 2.75) is 0 Å². The van der Waals surface area contributed by atoms with Crippen LogP contribution in [-0.2, 0) is 24.1 Å². The first-order valence-electron chi connectivity index (χ1n) is 0.730. The zero-order valence-electron chi connectivity index (χ0n) is 3.49. The summed E-state index contributed by atoms with van der Waals surface area (Å²) in [5.41, 5.74) is -3.72. The normalized spacial score (nSPS) is 8.43. The average Bonchev–Trinajstić information content (AvgIpc) is 0.722. The Bertz CT molecular complexity index is 59.8. The van der Waals surface area contributed by atoms with Gasteiger partial charge in [-0.1, -0.05) is 0 Å². The van der Waals surface area contributed by atoms with Gasteiger partial charge < -0.3 is 27.7 Å². The van der Waals surface area contributed by atoms with Gasteiger partial charge in [-0.3, -0.25) is 0 Å². The van der Waals surface area contributed by atoms with Crippen LogP contribution in [0.3, 0.4) is 0 Å². The molecule has 0 aromatic rings. The minimum atomic E-state index is -3.72. The first-order chi connectivity index (χ1) is 2.00. The molecule has 0 amide bonds. The predicted octanol–water partition coefficient (Wildman–Crippen LogP) is -2.28. The minimum Gasteiger partial charge on any atom is -0.850 e. The molecular weight excluding hydrogens is 402 g/mol. The van der Waals surface area contributed by atoms with Crippen LogP contribution in [-0.4, -0.2) is 97.8 Å². The molecule has 0 radical (unpaired) electrons. The van der Waals surface area contributed by atoms with E-state index in [9.17, 15) is 9.79 Å². The van der Waals surface area contributed by atoms with Crippen LogP contribution in [0.1, 0.15) is 0 Å². The molecule has 0 unspecified atom stereocenters. The molecule has 0 saturated heterocycles. The summed E-state index contributed by atoms with van der Waals surface area (Å²) in [6.07, 6.45) is 0. The molecule has 0 fully saturated rings. The molecule has 0 aromatic heterocycles. The molecule has 0 rings (SSSR count). The van der Waals surface area contributed by atoms with Crippen molar-refractivity contribution in [2.75, 3.05) is 0 Å². The monoisotopic (exact) mass is 403 g/mol. The van der Waals surface area contributed by atoms with Crippen LogP contribution in [0.2, 0.25) is 0 Å². The topological polar surface area (TPSA) is 46.1 Å². The van der Waals surface area contributed by atoms with Crippen LogP contribution in [0.15, 0.2) is 0 Å². The quantitative estimate of drug-likeness (QED) is 0.261. The number of hydrogen-bond donors (Lipinski definition) is 0. The molecule has 0 heterocycles. The Morgan fingerprint density at radius 3 is 1.29 bits per heavy atom. The molecule has 0 saturated carbocycles. The van der Waals surface area contributed by atoms with Gasteiger partial charge in [0.2, 0.25) is 0 Å². The van der Waals surface area contributed by atoms with Crippen molar-refractivity contribution in [3.8, 4) is 0 Å². The van der Waals surface area contributed by atoms with Gasteiger partial charge in [-0.25, -0.2) is 0 Å². The Morgan fingerprint density at radius 1 is 1.29 bits per heavy atom. The van der Waals surface area contributed by atoms with Gasteiger partial charge >= 0.3 is 97.8 Å². The maximum atomic E-state index is 9.29. The van der Waals surface area contributed by atoms with E-state index < -0.39 is 5.69 Å². The summed E-state index contributed by atoms with van der Waals surface area (Å²) in [7, 11) is 0. The van der Waals surface area contributed by atoms with Crippen molar-refractivity contribution in [1.29, 1.82) is 0 Å².